The summed E-state index contributed by atoms with van der Waals surface area (Å²) in [7, 11) is 0. The van der Waals surface area contributed by atoms with Crippen LogP contribution in [0.4, 0.5) is 0 Å². The van der Waals surface area contributed by atoms with Crippen molar-refractivity contribution >= 4 is 70.9 Å². The molecule has 0 aliphatic rings. The van der Waals surface area contributed by atoms with Gasteiger partial charge in [0.15, 0.2) is 0 Å². The molecule has 0 bridgehead atoms. The van der Waals surface area contributed by atoms with E-state index in [1.807, 2.05) is 48.7 Å². The molecule has 5 aromatic heterocycles. The topological polar surface area (TPSA) is 48.0 Å². The molecule has 5 nitrogen and oxygen atoms in total. The van der Waals surface area contributed by atoms with Gasteiger partial charge in [0.1, 0.15) is 5.82 Å². The van der Waals surface area contributed by atoms with Crippen LogP contribution in [0.15, 0.2) is 152 Å². The Balaban J connectivity index is 1.20. The van der Waals surface area contributed by atoms with E-state index in [2.05, 4.69) is 112 Å². The molecule has 222 valence electrons. The van der Waals surface area contributed by atoms with Crippen LogP contribution in [0.1, 0.15) is 0 Å². The van der Waals surface area contributed by atoms with Gasteiger partial charge < -0.3 is 4.40 Å². The quantitative estimate of drug-likeness (QED) is 0.200. The maximum Gasteiger partial charge on any atom is 0.137 e. The molecule has 0 fully saturated rings. The number of fused-ring (bicyclic) bond motifs is 7. The molecule has 0 spiro atoms. The molecule has 0 atom stereocenters. The molecule has 11 rings (SSSR count). The highest BCUT2D eigenvalue weighted by Gasteiger charge is 2.23. The maximum atomic E-state index is 5.14. The number of para-hydroxylation sites is 4. The molecule has 0 N–H and O–H groups in total. The van der Waals surface area contributed by atoms with Crippen molar-refractivity contribution in [1.82, 2.24) is 23.9 Å². The lowest BCUT2D eigenvalue weighted by Gasteiger charge is -2.12. The van der Waals surface area contributed by atoms with Gasteiger partial charge in [-0.15, -0.1) is 0 Å². The van der Waals surface area contributed by atoms with Crippen molar-refractivity contribution in [2.24, 2.45) is 0 Å². The molecule has 6 aromatic carbocycles. The number of pyridine rings is 1. The Labute approximate surface area is 274 Å². The fraction of sp³-hybridized carbons (Fsp3) is 0. The van der Waals surface area contributed by atoms with Gasteiger partial charge in [-0.2, -0.15) is 0 Å². The SMILES string of the molecule is c1ccc(-c2nc3ccccc3nc2-c2ccc(-n3c4cccc5c6ccccc6n6c7ccccc7c7ccc3c(c54)c76)nc2)cc1. The molecule has 0 aliphatic carbocycles. The Kier molecular flexibility index (Phi) is 5.05. The van der Waals surface area contributed by atoms with E-state index in [9.17, 15) is 0 Å². The zero-order valence-corrected chi connectivity index (χ0v) is 25.7. The van der Waals surface area contributed by atoms with Crippen LogP contribution < -0.4 is 0 Å². The van der Waals surface area contributed by atoms with Gasteiger partial charge in [0, 0.05) is 44.3 Å². The number of aromatic nitrogens is 5. The summed E-state index contributed by atoms with van der Waals surface area (Å²) in [4.78, 5) is 15.3. The summed E-state index contributed by atoms with van der Waals surface area (Å²) in [5.41, 5.74) is 11.3. The maximum absolute atomic E-state index is 5.14. The van der Waals surface area contributed by atoms with Gasteiger partial charge in [0.05, 0.1) is 50.0 Å². The Morgan fingerprint density at radius 2 is 1.00 bits per heavy atom. The third-order valence-electron chi connectivity index (χ3n) is 9.89. The molecule has 48 heavy (non-hydrogen) atoms. The average molecular weight is 612 g/mol. The second-order valence-electron chi connectivity index (χ2n) is 12.4. The van der Waals surface area contributed by atoms with Crippen LogP contribution in [0.3, 0.4) is 0 Å². The van der Waals surface area contributed by atoms with E-state index in [1.54, 1.807) is 0 Å². The van der Waals surface area contributed by atoms with Gasteiger partial charge in [0.25, 0.3) is 0 Å². The van der Waals surface area contributed by atoms with Crippen molar-refractivity contribution in [3.05, 3.63) is 152 Å². The summed E-state index contributed by atoms with van der Waals surface area (Å²) in [6.07, 6.45) is 1.94. The van der Waals surface area contributed by atoms with Crippen molar-refractivity contribution in [3.8, 4) is 28.3 Å². The van der Waals surface area contributed by atoms with Crippen LogP contribution in [0.2, 0.25) is 0 Å². The summed E-state index contributed by atoms with van der Waals surface area (Å²) >= 11 is 0. The van der Waals surface area contributed by atoms with Crippen LogP contribution in [-0.4, -0.2) is 23.9 Å². The molecule has 0 saturated carbocycles. The minimum Gasteiger partial charge on any atom is -0.308 e. The highest BCUT2D eigenvalue weighted by molar-refractivity contribution is 6.33. The molecule has 0 aliphatic heterocycles. The summed E-state index contributed by atoms with van der Waals surface area (Å²) in [5, 5.41) is 7.50. The molecular formula is C43H25N5. The molecule has 5 heterocycles. The van der Waals surface area contributed by atoms with Gasteiger partial charge in [-0.05, 0) is 53.9 Å². The van der Waals surface area contributed by atoms with Crippen molar-refractivity contribution in [2.75, 3.05) is 0 Å². The molecule has 5 heteroatoms. The monoisotopic (exact) mass is 611 g/mol. The summed E-state index contributed by atoms with van der Waals surface area (Å²) < 4.78 is 4.78. The number of hydrogen-bond acceptors (Lipinski definition) is 3. The first-order valence-corrected chi connectivity index (χ1v) is 16.2. The zero-order chi connectivity index (χ0) is 31.3. The zero-order valence-electron chi connectivity index (χ0n) is 25.7. The second-order valence-corrected chi connectivity index (χ2v) is 12.4. The van der Waals surface area contributed by atoms with Crippen molar-refractivity contribution in [2.45, 2.75) is 0 Å². The van der Waals surface area contributed by atoms with E-state index >= 15 is 0 Å². The van der Waals surface area contributed by atoms with Gasteiger partial charge in [-0.1, -0.05) is 97.1 Å². The number of benzene rings is 6. The lowest BCUT2D eigenvalue weighted by molar-refractivity contribution is 1.08. The predicted molar refractivity (Wildman–Crippen MR) is 197 cm³/mol. The fourth-order valence-corrected chi connectivity index (χ4v) is 7.87. The predicted octanol–water partition coefficient (Wildman–Crippen LogP) is 10.6. The smallest absolute Gasteiger partial charge is 0.137 e. The highest BCUT2D eigenvalue weighted by atomic mass is 15.1. The average Bonchev–Trinajstić information content (AvgIpc) is 3.63. The minimum atomic E-state index is 0.820. The number of nitrogens with zero attached hydrogens (tertiary/aromatic N) is 5. The van der Waals surface area contributed by atoms with Crippen LogP contribution in [0.25, 0.3) is 99.3 Å². The summed E-state index contributed by atoms with van der Waals surface area (Å²) in [6, 6.07) is 51.3. The highest BCUT2D eigenvalue weighted by Crippen LogP contribution is 2.45. The molecule has 0 unspecified atom stereocenters. The second kappa shape index (κ2) is 9.47. The molecule has 0 saturated heterocycles. The van der Waals surface area contributed by atoms with E-state index in [0.29, 0.717) is 0 Å². The van der Waals surface area contributed by atoms with Crippen LogP contribution >= 0.6 is 0 Å². The third-order valence-corrected chi connectivity index (χ3v) is 9.89. The Morgan fingerprint density at radius 1 is 0.396 bits per heavy atom. The van der Waals surface area contributed by atoms with E-state index < -0.39 is 0 Å². The number of hydrogen-bond donors (Lipinski definition) is 0. The van der Waals surface area contributed by atoms with Gasteiger partial charge in [-0.25, -0.2) is 15.0 Å². The van der Waals surface area contributed by atoms with Crippen molar-refractivity contribution in [1.29, 1.82) is 0 Å². The first-order chi connectivity index (χ1) is 23.8. The molecule has 0 amide bonds. The van der Waals surface area contributed by atoms with Crippen molar-refractivity contribution in [3.63, 3.8) is 0 Å². The van der Waals surface area contributed by atoms with E-state index in [0.717, 1.165) is 50.4 Å². The van der Waals surface area contributed by atoms with Crippen LogP contribution in [0.5, 0.6) is 0 Å². The first-order valence-electron chi connectivity index (χ1n) is 16.2. The Morgan fingerprint density at radius 3 is 1.73 bits per heavy atom. The molecule has 11 aromatic rings. The Bertz CT molecular complexity index is 3040. The fourth-order valence-electron chi connectivity index (χ4n) is 7.87. The van der Waals surface area contributed by atoms with E-state index in [-0.39, 0.29) is 0 Å². The largest absolute Gasteiger partial charge is 0.308 e. The molecular weight excluding hydrogens is 587 g/mol. The van der Waals surface area contributed by atoms with Crippen molar-refractivity contribution < 1.29 is 0 Å². The van der Waals surface area contributed by atoms with Gasteiger partial charge >= 0.3 is 0 Å². The van der Waals surface area contributed by atoms with E-state index in [1.165, 1.54) is 48.9 Å². The molecule has 0 radical (unpaired) electrons. The third kappa shape index (κ3) is 3.37. The van der Waals surface area contributed by atoms with Crippen LogP contribution in [-0.2, 0) is 0 Å². The number of rotatable bonds is 3. The summed E-state index contributed by atoms with van der Waals surface area (Å²) in [6.45, 7) is 0. The summed E-state index contributed by atoms with van der Waals surface area (Å²) in [5.74, 6) is 0.863. The lowest BCUT2D eigenvalue weighted by atomic mass is 10.0. The van der Waals surface area contributed by atoms with Crippen LogP contribution in [0, 0.1) is 0 Å². The first kappa shape index (κ1) is 25.6. The lowest BCUT2D eigenvalue weighted by Crippen LogP contribution is -1.99. The normalized spacial score (nSPS) is 12.2. The standard InChI is InChI=1S/C43H25N5/c1-2-11-26(12-3-1)41-42(46-33-17-7-6-16-32(33)45-41)27-21-24-38(44-25-27)47-36-20-10-15-30-28-13-4-8-18-34(28)48-35-19-9-5-14-29(35)31-22-23-37(47)40(39(30)36)43(31)48/h1-25H. The van der Waals surface area contributed by atoms with Gasteiger partial charge in [-0.3, -0.25) is 4.57 Å². The minimum absolute atomic E-state index is 0.820. The Hall–Kier alpha value is -6.59. The van der Waals surface area contributed by atoms with Gasteiger partial charge in [0.2, 0.25) is 0 Å². The van der Waals surface area contributed by atoms with E-state index in [4.69, 9.17) is 15.0 Å².